The largest absolute Gasteiger partial charge is 0.480 e. The summed E-state index contributed by atoms with van der Waals surface area (Å²) in [7, 11) is 0. The second-order valence-corrected chi connectivity index (χ2v) is 5.17. The van der Waals surface area contributed by atoms with Gasteiger partial charge in [-0.3, -0.25) is 4.79 Å². The molecule has 1 amide bonds. The van der Waals surface area contributed by atoms with Gasteiger partial charge in [0.25, 0.3) is 0 Å². The van der Waals surface area contributed by atoms with E-state index in [9.17, 15) is 9.59 Å². The topological polar surface area (TPSA) is 83.6 Å². The predicted molar refractivity (Wildman–Crippen MR) is 67.7 cm³/mol. The Balaban J connectivity index is 2.25. The highest BCUT2D eigenvalue weighted by molar-refractivity contribution is 7.99. The van der Waals surface area contributed by atoms with Gasteiger partial charge in [0.15, 0.2) is 0 Å². The van der Waals surface area contributed by atoms with Crippen LogP contribution in [0.15, 0.2) is 0 Å². The molecule has 5 nitrogen and oxygen atoms in total. The Hall–Kier alpha value is -0.750. The summed E-state index contributed by atoms with van der Waals surface area (Å²) in [5, 5.41) is 8.95. The average Bonchev–Trinajstić information content (AvgIpc) is 2.77. The lowest BCUT2D eigenvalue weighted by Gasteiger charge is -2.20. The number of nitrogens with two attached hydrogens (primary N) is 1. The second kappa shape index (κ2) is 7.55. The first-order valence-corrected chi connectivity index (χ1v) is 7.12. The molecule has 0 aromatic carbocycles. The van der Waals surface area contributed by atoms with E-state index < -0.39 is 12.0 Å². The minimum atomic E-state index is -0.897. The van der Waals surface area contributed by atoms with E-state index in [1.165, 1.54) is 16.7 Å². The second-order valence-electron chi connectivity index (χ2n) is 4.17. The maximum Gasteiger partial charge on any atom is 0.327 e. The zero-order valence-electron chi connectivity index (χ0n) is 9.93. The standard InChI is InChI=1S/C11H20N2O3S/c12-6-4-2-1-3-5-10(14)13-8-17-7-9(13)11(15)16/h9H,1-8,12H2,(H,15,16)/t9-/m0/s1. The number of aliphatic carboxylic acids is 1. The lowest BCUT2D eigenvalue weighted by Crippen LogP contribution is -2.41. The van der Waals surface area contributed by atoms with Crippen LogP contribution in [0.2, 0.25) is 0 Å². The highest BCUT2D eigenvalue weighted by Crippen LogP contribution is 2.22. The fraction of sp³-hybridized carbons (Fsp3) is 0.818. The fourth-order valence-electron chi connectivity index (χ4n) is 1.81. The molecule has 1 atom stereocenters. The molecule has 1 aliphatic rings. The van der Waals surface area contributed by atoms with E-state index in [2.05, 4.69) is 0 Å². The van der Waals surface area contributed by atoms with Gasteiger partial charge in [-0.2, -0.15) is 0 Å². The third kappa shape index (κ3) is 4.55. The van der Waals surface area contributed by atoms with Crippen LogP contribution < -0.4 is 5.73 Å². The zero-order chi connectivity index (χ0) is 12.7. The minimum absolute atomic E-state index is 0.0323. The number of carboxylic acid groups (broad SMARTS) is 1. The van der Waals surface area contributed by atoms with Crippen LogP contribution in [0, 0.1) is 0 Å². The SMILES string of the molecule is NCCCCCCC(=O)N1CSC[C@H]1C(=O)O. The zero-order valence-corrected chi connectivity index (χ0v) is 10.7. The van der Waals surface area contributed by atoms with Crippen molar-refractivity contribution in [2.75, 3.05) is 18.2 Å². The summed E-state index contributed by atoms with van der Waals surface area (Å²) in [5.74, 6) is 0.0916. The van der Waals surface area contributed by atoms with Gasteiger partial charge in [0.2, 0.25) is 5.91 Å². The lowest BCUT2D eigenvalue weighted by molar-refractivity contribution is -0.147. The van der Waals surface area contributed by atoms with Crippen LogP contribution >= 0.6 is 11.8 Å². The van der Waals surface area contributed by atoms with Crippen molar-refractivity contribution in [3.63, 3.8) is 0 Å². The van der Waals surface area contributed by atoms with Crippen molar-refractivity contribution >= 4 is 23.6 Å². The van der Waals surface area contributed by atoms with Crippen molar-refractivity contribution in [3.8, 4) is 0 Å². The van der Waals surface area contributed by atoms with Crippen molar-refractivity contribution in [1.82, 2.24) is 4.90 Å². The molecule has 1 aliphatic heterocycles. The van der Waals surface area contributed by atoms with Gasteiger partial charge >= 0.3 is 5.97 Å². The summed E-state index contributed by atoms with van der Waals surface area (Å²) >= 11 is 1.50. The molecule has 17 heavy (non-hydrogen) atoms. The van der Waals surface area contributed by atoms with Crippen molar-refractivity contribution < 1.29 is 14.7 Å². The number of hydrogen-bond acceptors (Lipinski definition) is 4. The van der Waals surface area contributed by atoms with Crippen LogP contribution in [0.1, 0.15) is 32.1 Å². The number of rotatable bonds is 7. The van der Waals surface area contributed by atoms with Crippen LogP contribution in [0.4, 0.5) is 0 Å². The number of carbonyl (C=O) groups is 2. The van der Waals surface area contributed by atoms with Crippen LogP contribution in [0.5, 0.6) is 0 Å². The molecule has 0 aromatic rings. The molecule has 0 aromatic heterocycles. The Kier molecular flexibility index (Phi) is 6.36. The number of amides is 1. The van der Waals surface area contributed by atoms with Gasteiger partial charge in [0.1, 0.15) is 6.04 Å². The Morgan fingerprint density at radius 1 is 1.29 bits per heavy atom. The molecule has 0 bridgehead atoms. The molecule has 0 aliphatic carbocycles. The highest BCUT2D eigenvalue weighted by Gasteiger charge is 2.33. The number of nitrogens with zero attached hydrogens (tertiary/aromatic N) is 1. The van der Waals surface area contributed by atoms with Crippen molar-refractivity contribution in [1.29, 1.82) is 0 Å². The smallest absolute Gasteiger partial charge is 0.327 e. The van der Waals surface area contributed by atoms with Gasteiger partial charge < -0.3 is 15.7 Å². The summed E-state index contributed by atoms with van der Waals surface area (Å²) in [4.78, 5) is 24.2. The molecular formula is C11H20N2O3S. The van der Waals surface area contributed by atoms with E-state index in [1.807, 2.05) is 0 Å². The van der Waals surface area contributed by atoms with Crippen molar-refractivity contribution in [2.24, 2.45) is 5.73 Å². The van der Waals surface area contributed by atoms with E-state index in [0.29, 0.717) is 24.6 Å². The Labute approximate surface area is 106 Å². The number of thioether (sulfide) groups is 1. The third-order valence-electron chi connectivity index (χ3n) is 2.83. The van der Waals surface area contributed by atoms with E-state index >= 15 is 0 Å². The number of hydrogen-bond donors (Lipinski definition) is 2. The quantitative estimate of drug-likeness (QED) is 0.664. The molecule has 1 rings (SSSR count). The Bertz CT molecular complexity index is 273. The van der Waals surface area contributed by atoms with Crippen LogP contribution in [-0.4, -0.2) is 46.1 Å². The van der Waals surface area contributed by atoms with Crippen LogP contribution in [0.25, 0.3) is 0 Å². The van der Waals surface area contributed by atoms with Gasteiger partial charge in [0, 0.05) is 12.2 Å². The lowest BCUT2D eigenvalue weighted by atomic mass is 10.1. The molecule has 6 heteroatoms. The molecule has 98 valence electrons. The van der Waals surface area contributed by atoms with E-state index in [4.69, 9.17) is 10.8 Å². The molecule has 1 fully saturated rings. The Morgan fingerprint density at radius 3 is 2.65 bits per heavy atom. The first-order valence-electron chi connectivity index (χ1n) is 5.97. The molecule has 3 N–H and O–H groups in total. The van der Waals surface area contributed by atoms with E-state index in [1.54, 1.807) is 0 Å². The molecular weight excluding hydrogens is 240 g/mol. The van der Waals surface area contributed by atoms with Gasteiger partial charge in [-0.15, -0.1) is 11.8 Å². The van der Waals surface area contributed by atoms with E-state index in [-0.39, 0.29) is 5.91 Å². The first-order chi connectivity index (χ1) is 8.16. The molecule has 0 spiro atoms. The van der Waals surface area contributed by atoms with E-state index in [0.717, 1.165) is 25.7 Å². The van der Waals surface area contributed by atoms with Gasteiger partial charge in [-0.25, -0.2) is 4.79 Å². The van der Waals surface area contributed by atoms with Crippen molar-refractivity contribution in [2.45, 2.75) is 38.1 Å². The van der Waals surface area contributed by atoms with Gasteiger partial charge in [-0.1, -0.05) is 12.8 Å². The molecule has 1 saturated heterocycles. The third-order valence-corrected chi connectivity index (χ3v) is 3.84. The summed E-state index contributed by atoms with van der Waals surface area (Å²) in [6.07, 6.45) is 4.30. The maximum atomic E-state index is 11.8. The van der Waals surface area contributed by atoms with Crippen LogP contribution in [-0.2, 0) is 9.59 Å². The van der Waals surface area contributed by atoms with Crippen LogP contribution in [0.3, 0.4) is 0 Å². The maximum absolute atomic E-state index is 11.8. The molecule has 0 unspecified atom stereocenters. The molecule has 0 radical (unpaired) electrons. The monoisotopic (exact) mass is 260 g/mol. The number of carbonyl (C=O) groups excluding carboxylic acids is 1. The predicted octanol–water partition coefficient (Wildman–Crippen LogP) is 0.882. The first kappa shape index (κ1) is 14.3. The number of unbranched alkanes of at least 4 members (excludes halogenated alkanes) is 3. The molecule has 0 saturated carbocycles. The summed E-state index contributed by atoms with van der Waals surface area (Å²) < 4.78 is 0. The summed E-state index contributed by atoms with van der Waals surface area (Å²) in [6.45, 7) is 0.692. The summed E-state index contributed by atoms with van der Waals surface area (Å²) in [6, 6.07) is -0.628. The summed E-state index contributed by atoms with van der Waals surface area (Å²) in [5.41, 5.74) is 5.38. The van der Waals surface area contributed by atoms with Gasteiger partial charge in [0.05, 0.1) is 5.88 Å². The molecule has 1 heterocycles. The van der Waals surface area contributed by atoms with Gasteiger partial charge in [-0.05, 0) is 19.4 Å². The normalized spacial score (nSPS) is 19.6. The fourth-order valence-corrected chi connectivity index (χ4v) is 2.98. The Morgan fingerprint density at radius 2 is 2.00 bits per heavy atom. The number of carboxylic acids is 1. The average molecular weight is 260 g/mol. The minimum Gasteiger partial charge on any atom is -0.480 e. The highest BCUT2D eigenvalue weighted by atomic mass is 32.2. The van der Waals surface area contributed by atoms with Crippen molar-refractivity contribution in [3.05, 3.63) is 0 Å².